The van der Waals surface area contributed by atoms with Crippen LogP contribution in [0.3, 0.4) is 0 Å². The molecule has 7 heteroatoms. The number of hydrogen-bond donors (Lipinski definition) is 1. The van der Waals surface area contributed by atoms with E-state index in [0.29, 0.717) is 17.3 Å². The predicted molar refractivity (Wildman–Crippen MR) is 103 cm³/mol. The van der Waals surface area contributed by atoms with Gasteiger partial charge in [-0.2, -0.15) is 0 Å². The summed E-state index contributed by atoms with van der Waals surface area (Å²) in [5.41, 5.74) is 2.56. The van der Waals surface area contributed by atoms with E-state index in [1.54, 1.807) is 14.0 Å². The summed E-state index contributed by atoms with van der Waals surface area (Å²) < 4.78 is 8.12. The van der Waals surface area contributed by atoms with Gasteiger partial charge in [0.1, 0.15) is 5.75 Å². The minimum Gasteiger partial charge on any atom is -0.495 e. The van der Waals surface area contributed by atoms with Gasteiger partial charge in [-0.15, -0.1) is 11.3 Å². The van der Waals surface area contributed by atoms with Crippen LogP contribution >= 0.6 is 34.5 Å². The third-order valence-corrected chi connectivity index (χ3v) is 5.90. The SMILES string of the molecule is COc1cc2c(C(C)C(=O)O)c(C)n(Cc3ccc(Cl)s3)c2cc1Cl. The first kappa shape index (κ1) is 18.1. The van der Waals surface area contributed by atoms with E-state index in [4.69, 9.17) is 27.9 Å². The van der Waals surface area contributed by atoms with Gasteiger partial charge in [-0.1, -0.05) is 23.2 Å². The van der Waals surface area contributed by atoms with Crippen molar-refractivity contribution in [1.29, 1.82) is 0 Å². The lowest BCUT2D eigenvalue weighted by Crippen LogP contribution is -2.09. The molecule has 4 nitrogen and oxygen atoms in total. The summed E-state index contributed by atoms with van der Waals surface area (Å²) in [5.74, 6) is -0.971. The number of halogens is 2. The molecule has 0 spiro atoms. The molecule has 132 valence electrons. The van der Waals surface area contributed by atoms with Gasteiger partial charge in [0, 0.05) is 16.0 Å². The minimum absolute atomic E-state index is 0.493. The van der Waals surface area contributed by atoms with Crippen LogP contribution in [0.2, 0.25) is 9.36 Å². The Morgan fingerprint density at radius 3 is 2.64 bits per heavy atom. The number of aliphatic carboxylic acids is 1. The number of rotatable bonds is 5. The van der Waals surface area contributed by atoms with Crippen molar-refractivity contribution in [2.24, 2.45) is 0 Å². The predicted octanol–water partition coefficient (Wildman–Crippen LogP) is 5.56. The van der Waals surface area contributed by atoms with E-state index in [1.807, 2.05) is 31.2 Å². The van der Waals surface area contributed by atoms with Gasteiger partial charge in [-0.25, -0.2) is 0 Å². The largest absolute Gasteiger partial charge is 0.495 e. The van der Waals surface area contributed by atoms with Gasteiger partial charge < -0.3 is 14.4 Å². The standard InChI is InChI=1S/C18H17Cl2NO3S/c1-9(18(22)23)17-10(2)21(8-11-4-5-16(20)25-11)14-7-13(19)15(24-3)6-12(14)17/h4-7,9H,8H2,1-3H3,(H,22,23). The lowest BCUT2D eigenvalue weighted by Gasteiger charge is -2.09. The third kappa shape index (κ3) is 3.24. The molecule has 0 fully saturated rings. The summed E-state index contributed by atoms with van der Waals surface area (Å²) >= 11 is 13.9. The highest BCUT2D eigenvalue weighted by Crippen LogP contribution is 2.38. The summed E-state index contributed by atoms with van der Waals surface area (Å²) in [6.07, 6.45) is 0. The van der Waals surface area contributed by atoms with Crippen LogP contribution < -0.4 is 4.74 Å². The fourth-order valence-electron chi connectivity index (χ4n) is 3.13. The summed E-state index contributed by atoms with van der Waals surface area (Å²) in [7, 11) is 1.55. The van der Waals surface area contributed by atoms with Crippen molar-refractivity contribution in [2.45, 2.75) is 26.3 Å². The van der Waals surface area contributed by atoms with Crippen LogP contribution in [0.5, 0.6) is 5.75 Å². The molecule has 1 aromatic carbocycles. The smallest absolute Gasteiger partial charge is 0.310 e. The van der Waals surface area contributed by atoms with Gasteiger partial charge in [-0.05, 0) is 43.7 Å². The molecule has 0 bridgehead atoms. The van der Waals surface area contributed by atoms with E-state index < -0.39 is 11.9 Å². The Bertz CT molecular complexity index is 961. The zero-order valence-electron chi connectivity index (χ0n) is 14.0. The molecule has 2 heterocycles. The Balaban J connectivity index is 2.26. The summed E-state index contributed by atoms with van der Waals surface area (Å²) in [6, 6.07) is 7.48. The number of thiophene rings is 1. The first-order chi connectivity index (χ1) is 11.8. The second-order valence-corrected chi connectivity index (χ2v) is 8.06. The second kappa shape index (κ2) is 6.90. The highest BCUT2D eigenvalue weighted by molar-refractivity contribution is 7.16. The monoisotopic (exact) mass is 397 g/mol. The molecule has 0 aliphatic rings. The molecule has 0 aliphatic heterocycles. The maximum Gasteiger partial charge on any atom is 0.310 e. The molecular formula is C18H17Cl2NO3S. The number of carboxylic acid groups (broad SMARTS) is 1. The molecule has 3 rings (SSSR count). The quantitative estimate of drug-likeness (QED) is 0.612. The van der Waals surface area contributed by atoms with Crippen LogP contribution in [0.15, 0.2) is 24.3 Å². The molecular weight excluding hydrogens is 381 g/mol. The highest BCUT2D eigenvalue weighted by Gasteiger charge is 2.25. The molecule has 0 aliphatic carbocycles. The topological polar surface area (TPSA) is 51.5 Å². The van der Waals surface area contributed by atoms with E-state index in [-0.39, 0.29) is 0 Å². The van der Waals surface area contributed by atoms with Crippen molar-refractivity contribution in [1.82, 2.24) is 4.57 Å². The number of carbonyl (C=O) groups is 1. The number of ether oxygens (including phenoxy) is 1. The maximum atomic E-state index is 11.6. The van der Waals surface area contributed by atoms with Gasteiger partial charge >= 0.3 is 5.97 Å². The summed E-state index contributed by atoms with van der Waals surface area (Å²) in [5, 5.41) is 10.9. The van der Waals surface area contributed by atoms with E-state index in [9.17, 15) is 9.90 Å². The Morgan fingerprint density at radius 1 is 1.36 bits per heavy atom. The normalized spacial score (nSPS) is 12.5. The molecule has 0 saturated carbocycles. The molecule has 25 heavy (non-hydrogen) atoms. The zero-order chi connectivity index (χ0) is 18.3. The van der Waals surface area contributed by atoms with Crippen LogP contribution in [0.1, 0.15) is 29.0 Å². The van der Waals surface area contributed by atoms with Gasteiger partial charge in [0.2, 0.25) is 0 Å². The van der Waals surface area contributed by atoms with Crippen molar-refractivity contribution in [3.05, 3.63) is 49.8 Å². The Kier molecular flexibility index (Phi) is 5.00. The van der Waals surface area contributed by atoms with Crippen LogP contribution in [-0.2, 0) is 11.3 Å². The number of fused-ring (bicyclic) bond motifs is 1. The fourth-order valence-corrected chi connectivity index (χ4v) is 4.44. The lowest BCUT2D eigenvalue weighted by molar-refractivity contribution is -0.138. The number of benzene rings is 1. The van der Waals surface area contributed by atoms with E-state index >= 15 is 0 Å². The average molecular weight is 398 g/mol. The second-order valence-electron chi connectivity index (χ2n) is 5.85. The molecule has 0 radical (unpaired) electrons. The Labute approximate surface area is 159 Å². The fraction of sp³-hybridized carbons (Fsp3) is 0.278. The van der Waals surface area contributed by atoms with Crippen molar-refractivity contribution in [3.63, 3.8) is 0 Å². The van der Waals surface area contributed by atoms with Crippen LogP contribution in [-0.4, -0.2) is 22.8 Å². The average Bonchev–Trinajstić information content (AvgIpc) is 3.08. The molecule has 0 saturated heterocycles. The van der Waals surface area contributed by atoms with E-state index in [1.165, 1.54) is 11.3 Å². The first-order valence-corrected chi connectivity index (χ1v) is 9.24. The highest BCUT2D eigenvalue weighted by atomic mass is 35.5. The van der Waals surface area contributed by atoms with Crippen LogP contribution in [0.25, 0.3) is 10.9 Å². The lowest BCUT2D eigenvalue weighted by atomic mass is 9.98. The van der Waals surface area contributed by atoms with Gasteiger partial charge in [0.05, 0.1) is 34.4 Å². The van der Waals surface area contributed by atoms with Crippen molar-refractivity contribution in [3.8, 4) is 5.75 Å². The van der Waals surface area contributed by atoms with Crippen LogP contribution in [0, 0.1) is 6.92 Å². The Morgan fingerprint density at radius 2 is 2.08 bits per heavy atom. The minimum atomic E-state index is -0.866. The van der Waals surface area contributed by atoms with Gasteiger partial charge in [0.15, 0.2) is 0 Å². The van der Waals surface area contributed by atoms with Gasteiger partial charge in [0.25, 0.3) is 0 Å². The van der Waals surface area contributed by atoms with Crippen molar-refractivity contribution >= 4 is 51.4 Å². The van der Waals surface area contributed by atoms with E-state index in [2.05, 4.69) is 4.57 Å². The first-order valence-electron chi connectivity index (χ1n) is 7.66. The summed E-state index contributed by atoms with van der Waals surface area (Å²) in [4.78, 5) is 12.7. The maximum absolute atomic E-state index is 11.6. The van der Waals surface area contributed by atoms with Crippen LogP contribution in [0.4, 0.5) is 0 Å². The number of aromatic nitrogens is 1. The molecule has 1 N–H and O–H groups in total. The number of hydrogen-bond acceptors (Lipinski definition) is 3. The molecule has 3 aromatic rings. The van der Waals surface area contributed by atoms with Crippen molar-refractivity contribution < 1.29 is 14.6 Å². The number of nitrogens with zero attached hydrogens (tertiary/aromatic N) is 1. The molecule has 1 unspecified atom stereocenters. The Hall–Kier alpha value is -1.69. The molecule has 1 atom stereocenters. The molecule has 2 aromatic heterocycles. The summed E-state index contributed by atoms with van der Waals surface area (Å²) in [6.45, 7) is 4.23. The number of methoxy groups -OCH3 is 1. The van der Waals surface area contributed by atoms with Gasteiger partial charge in [-0.3, -0.25) is 4.79 Å². The zero-order valence-corrected chi connectivity index (χ0v) is 16.3. The van der Waals surface area contributed by atoms with Crippen molar-refractivity contribution in [2.75, 3.05) is 7.11 Å². The molecule has 0 amide bonds. The third-order valence-electron chi connectivity index (χ3n) is 4.39. The van der Waals surface area contributed by atoms with E-state index in [0.717, 1.165) is 31.4 Å². The number of carboxylic acids is 1.